The Kier molecular flexibility index (Phi) is 2.95. The summed E-state index contributed by atoms with van der Waals surface area (Å²) >= 11 is 0. The minimum Gasteiger partial charge on any atom is -0.324 e. The standard InChI is InChI=1S/C12H16F2N2/c1-12(15)7-16-6-10(12)8-2-4-9(5-3-8)11(13)14/h2-5,10-11,16H,6-7,15H2,1H3. The van der Waals surface area contributed by atoms with Gasteiger partial charge in [0.25, 0.3) is 6.43 Å². The van der Waals surface area contributed by atoms with Gasteiger partial charge in [-0.3, -0.25) is 0 Å². The van der Waals surface area contributed by atoms with E-state index < -0.39 is 6.43 Å². The van der Waals surface area contributed by atoms with Crippen molar-refractivity contribution in [2.24, 2.45) is 5.73 Å². The van der Waals surface area contributed by atoms with Gasteiger partial charge in [0.2, 0.25) is 0 Å². The Balaban J connectivity index is 2.22. The third-order valence-corrected chi connectivity index (χ3v) is 3.24. The molecular weight excluding hydrogens is 210 g/mol. The molecule has 0 aromatic heterocycles. The van der Waals surface area contributed by atoms with Gasteiger partial charge in [-0.1, -0.05) is 24.3 Å². The van der Waals surface area contributed by atoms with Gasteiger partial charge in [0.1, 0.15) is 0 Å². The lowest BCUT2D eigenvalue weighted by atomic mass is 9.84. The Bertz CT molecular complexity index is 360. The third kappa shape index (κ3) is 2.08. The van der Waals surface area contributed by atoms with Crippen LogP contribution in [0.15, 0.2) is 24.3 Å². The lowest BCUT2D eigenvalue weighted by molar-refractivity contribution is 0.151. The minimum atomic E-state index is -2.40. The first-order chi connectivity index (χ1) is 7.50. The van der Waals surface area contributed by atoms with Crippen molar-refractivity contribution < 1.29 is 8.78 Å². The van der Waals surface area contributed by atoms with Crippen LogP contribution in [0.4, 0.5) is 8.78 Å². The van der Waals surface area contributed by atoms with Crippen molar-refractivity contribution in [2.75, 3.05) is 13.1 Å². The second-order valence-corrected chi connectivity index (χ2v) is 4.66. The van der Waals surface area contributed by atoms with Crippen molar-refractivity contribution in [1.82, 2.24) is 5.32 Å². The first-order valence-electron chi connectivity index (χ1n) is 5.38. The molecule has 1 aromatic carbocycles. The minimum absolute atomic E-state index is 0.0634. The molecule has 1 fully saturated rings. The van der Waals surface area contributed by atoms with E-state index in [1.54, 1.807) is 12.1 Å². The smallest absolute Gasteiger partial charge is 0.263 e. The molecule has 1 saturated heterocycles. The van der Waals surface area contributed by atoms with Crippen LogP contribution >= 0.6 is 0 Å². The Hall–Kier alpha value is -1.00. The summed E-state index contributed by atoms with van der Waals surface area (Å²) in [5.41, 5.74) is 6.93. The van der Waals surface area contributed by atoms with Gasteiger partial charge in [0, 0.05) is 30.1 Å². The predicted octanol–water partition coefficient (Wildman–Crippen LogP) is 2.03. The number of benzene rings is 1. The number of alkyl halides is 2. The van der Waals surface area contributed by atoms with Crippen LogP contribution in [-0.4, -0.2) is 18.6 Å². The fourth-order valence-corrected chi connectivity index (χ4v) is 2.21. The molecule has 4 heteroatoms. The Labute approximate surface area is 93.8 Å². The summed E-state index contributed by atoms with van der Waals surface area (Å²) in [6.07, 6.45) is -2.40. The molecule has 3 N–H and O–H groups in total. The number of hydrogen-bond donors (Lipinski definition) is 2. The lowest BCUT2D eigenvalue weighted by Gasteiger charge is -2.26. The normalized spacial score (nSPS) is 29.9. The fourth-order valence-electron chi connectivity index (χ4n) is 2.21. The Morgan fingerprint density at radius 2 is 2.00 bits per heavy atom. The molecule has 0 aliphatic carbocycles. The van der Waals surface area contributed by atoms with Crippen molar-refractivity contribution >= 4 is 0 Å². The first kappa shape index (κ1) is 11.5. The monoisotopic (exact) mass is 226 g/mol. The molecule has 0 spiro atoms. The second kappa shape index (κ2) is 4.11. The zero-order valence-corrected chi connectivity index (χ0v) is 9.21. The van der Waals surface area contributed by atoms with E-state index in [1.165, 1.54) is 12.1 Å². The molecule has 2 atom stereocenters. The van der Waals surface area contributed by atoms with Crippen LogP contribution < -0.4 is 11.1 Å². The molecule has 0 bridgehead atoms. The first-order valence-corrected chi connectivity index (χ1v) is 5.38. The zero-order chi connectivity index (χ0) is 11.8. The molecule has 16 heavy (non-hydrogen) atoms. The molecule has 2 rings (SSSR count). The van der Waals surface area contributed by atoms with Crippen LogP contribution in [0.3, 0.4) is 0 Å². The highest BCUT2D eigenvalue weighted by Crippen LogP contribution is 2.30. The van der Waals surface area contributed by atoms with Crippen LogP contribution in [-0.2, 0) is 0 Å². The molecule has 2 nitrogen and oxygen atoms in total. The summed E-state index contributed by atoms with van der Waals surface area (Å²) in [7, 11) is 0. The van der Waals surface area contributed by atoms with E-state index in [0.717, 1.165) is 18.7 Å². The predicted molar refractivity (Wildman–Crippen MR) is 59.6 cm³/mol. The van der Waals surface area contributed by atoms with Gasteiger partial charge < -0.3 is 11.1 Å². The lowest BCUT2D eigenvalue weighted by Crippen LogP contribution is -2.42. The van der Waals surface area contributed by atoms with E-state index in [2.05, 4.69) is 5.32 Å². The maximum atomic E-state index is 12.4. The van der Waals surface area contributed by atoms with E-state index in [9.17, 15) is 8.78 Å². The Morgan fingerprint density at radius 1 is 1.38 bits per heavy atom. The Morgan fingerprint density at radius 3 is 2.44 bits per heavy atom. The van der Waals surface area contributed by atoms with Crippen molar-refractivity contribution in [1.29, 1.82) is 0 Å². The molecule has 1 heterocycles. The van der Waals surface area contributed by atoms with E-state index in [-0.39, 0.29) is 17.0 Å². The molecule has 2 unspecified atom stereocenters. The summed E-state index contributed by atoms with van der Waals surface area (Å²) in [6, 6.07) is 6.47. The maximum absolute atomic E-state index is 12.4. The second-order valence-electron chi connectivity index (χ2n) is 4.66. The van der Waals surface area contributed by atoms with Gasteiger partial charge in [0.15, 0.2) is 0 Å². The summed E-state index contributed by atoms with van der Waals surface area (Å²) in [5, 5.41) is 3.23. The van der Waals surface area contributed by atoms with Crippen LogP contribution in [0.5, 0.6) is 0 Å². The molecule has 0 saturated carbocycles. The number of nitrogens with one attached hydrogen (secondary N) is 1. The highest BCUT2D eigenvalue weighted by Gasteiger charge is 2.35. The summed E-state index contributed by atoms with van der Waals surface area (Å²) in [5.74, 6) is 0.194. The van der Waals surface area contributed by atoms with Crippen LogP contribution in [0.2, 0.25) is 0 Å². The van der Waals surface area contributed by atoms with Gasteiger partial charge >= 0.3 is 0 Å². The van der Waals surface area contributed by atoms with Crippen LogP contribution in [0, 0.1) is 0 Å². The fraction of sp³-hybridized carbons (Fsp3) is 0.500. The summed E-state index contributed by atoms with van der Waals surface area (Å²) in [6.45, 7) is 3.55. The van der Waals surface area contributed by atoms with E-state index >= 15 is 0 Å². The number of halogens is 2. The summed E-state index contributed by atoms with van der Waals surface area (Å²) in [4.78, 5) is 0. The third-order valence-electron chi connectivity index (χ3n) is 3.24. The van der Waals surface area contributed by atoms with E-state index in [4.69, 9.17) is 5.73 Å². The highest BCUT2D eigenvalue weighted by molar-refractivity contribution is 5.30. The topological polar surface area (TPSA) is 38.0 Å². The van der Waals surface area contributed by atoms with Crippen molar-refractivity contribution in [3.05, 3.63) is 35.4 Å². The number of hydrogen-bond acceptors (Lipinski definition) is 2. The van der Waals surface area contributed by atoms with Gasteiger partial charge in [0.05, 0.1) is 0 Å². The van der Waals surface area contributed by atoms with Gasteiger partial charge in [-0.2, -0.15) is 0 Å². The van der Waals surface area contributed by atoms with Crippen LogP contribution in [0.25, 0.3) is 0 Å². The van der Waals surface area contributed by atoms with Crippen LogP contribution in [0.1, 0.15) is 30.4 Å². The zero-order valence-electron chi connectivity index (χ0n) is 9.21. The largest absolute Gasteiger partial charge is 0.324 e. The molecule has 0 amide bonds. The summed E-state index contributed by atoms with van der Waals surface area (Å²) < 4.78 is 24.8. The molecule has 1 aromatic rings. The molecule has 1 aliphatic heterocycles. The van der Waals surface area contributed by atoms with Gasteiger partial charge in [-0.05, 0) is 12.5 Å². The maximum Gasteiger partial charge on any atom is 0.263 e. The quantitative estimate of drug-likeness (QED) is 0.809. The number of nitrogens with two attached hydrogens (primary N) is 1. The number of rotatable bonds is 2. The SMILES string of the molecule is CC1(N)CNCC1c1ccc(C(F)F)cc1. The average molecular weight is 226 g/mol. The molecular formula is C12H16F2N2. The van der Waals surface area contributed by atoms with E-state index in [1.807, 2.05) is 6.92 Å². The van der Waals surface area contributed by atoms with Gasteiger partial charge in [-0.15, -0.1) is 0 Å². The molecule has 88 valence electrons. The van der Waals surface area contributed by atoms with E-state index in [0.29, 0.717) is 0 Å². The van der Waals surface area contributed by atoms with Crippen molar-refractivity contribution in [3.63, 3.8) is 0 Å². The van der Waals surface area contributed by atoms with Crippen molar-refractivity contribution in [2.45, 2.75) is 24.8 Å². The molecule has 1 aliphatic rings. The average Bonchev–Trinajstić information content (AvgIpc) is 2.58. The molecule has 0 radical (unpaired) electrons. The van der Waals surface area contributed by atoms with Crippen molar-refractivity contribution in [3.8, 4) is 0 Å². The van der Waals surface area contributed by atoms with Gasteiger partial charge in [-0.25, -0.2) is 8.78 Å². The highest BCUT2D eigenvalue weighted by atomic mass is 19.3.